The summed E-state index contributed by atoms with van der Waals surface area (Å²) >= 11 is 0. The van der Waals surface area contributed by atoms with Crippen LogP contribution >= 0.6 is 0 Å². The van der Waals surface area contributed by atoms with Gasteiger partial charge in [0.05, 0.1) is 0 Å². The highest BCUT2D eigenvalue weighted by Gasteiger charge is 2.12. The fourth-order valence-electron chi connectivity index (χ4n) is 6.18. The molecule has 0 fully saturated rings. The van der Waals surface area contributed by atoms with Crippen LogP contribution in [-0.2, 0) is 19.2 Å². The molecule has 4 amide bonds. The Hall–Kier alpha value is -6.52. The van der Waals surface area contributed by atoms with Crippen LogP contribution in [0, 0.1) is 23.7 Å². The number of aromatic nitrogens is 2. The Labute approximate surface area is 341 Å². The minimum absolute atomic E-state index is 0.143. The molecule has 3 aromatic carbocycles. The van der Waals surface area contributed by atoms with Crippen molar-refractivity contribution >= 4 is 68.4 Å². The van der Waals surface area contributed by atoms with E-state index in [1.807, 2.05) is 64.1 Å². The molecule has 2 heterocycles. The molecular weight excluding hydrogens is 725 g/mol. The van der Waals surface area contributed by atoms with Crippen LogP contribution in [0.5, 0.6) is 0 Å². The third-order valence-corrected chi connectivity index (χ3v) is 9.31. The zero-order valence-electron chi connectivity index (χ0n) is 33.9. The minimum Gasteiger partial charge on any atom is -0.311 e. The summed E-state index contributed by atoms with van der Waals surface area (Å²) in [6.45, 7) is 8.11. The maximum Gasteiger partial charge on any atom is 0.225 e. The molecule has 0 radical (unpaired) electrons. The lowest BCUT2D eigenvalue weighted by atomic mass is 9.97. The molecule has 2 aromatic heterocycles. The first-order valence-corrected chi connectivity index (χ1v) is 20.4. The van der Waals surface area contributed by atoms with E-state index in [0.717, 1.165) is 84.0 Å². The standard InChI is InChI=1S/C48H52N6O4/c1-5-9-19-45(55)51-41-27-33(28-42(49-41)52-46(56)20-10-6-2)23-25-35-15-13-17-37-31-38-18-14-16-36(40(38)32-39(35)37)26-24-34-29-43(53-47(57)21-11-7-3)50-44(30-34)54-48(58)22-12-8-4/h13-18,27-32H,5-12,19-22H2,1-4H3,(H2,49,51,52,55,56)(H2,50,53,54,57,58). The van der Waals surface area contributed by atoms with Gasteiger partial charge in [0.25, 0.3) is 0 Å². The summed E-state index contributed by atoms with van der Waals surface area (Å²) in [4.78, 5) is 59.4. The maximum absolute atomic E-state index is 12.6. The molecule has 10 nitrogen and oxygen atoms in total. The first-order valence-electron chi connectivity index (χ1n) is 20.4. The van der Waals surface area contributed by atoms with Gasteiger partial charge in [-0.3, -0.25) is 19.2 Å². The third kappa shape index (κ3) is 12.8. The molecule has 5 rings (SSSR count). The zero-order chi connectivity index (χ0) is 41.3. The van der Waals surface area contributed by atoms with Crippen molar-refractivity contribution < 1.29 is 19.2 Å². The zero-order valence-corrected chi connectivity index (χ0v) is 33.9. The van der Waals surface area contributed by atoms with Crippen LogP contribution in [0.1, 0.15) is 127 Å². The lowest BCUT2D eigenvalue weighted by Crippen LogP contribution is -2.15. The molecule has 0 spiro atoms. The number of hydrogen-bond donors (Lipinski definition) is 4. The van der Waals surface area contributed by atoms with Crippen molar-refractivity contribution in [1.29, 1.82) is 0 Å². The van der Waals surface area contributed by atoms with E-state index < -0.39 is 0 Å². The van der Waals surface area contributed by atoms with Gasteiger partial charge in [0.2, 0.25) is 23.6 Å². The number of nitrogens with zero attached hydrogens (tertiary/aromatic N) is 2. The summed E-state index contributed by atoms with van der Waals surface area (Å²) in [5.74, 6) is 13.9. The van der Waals surface area contributed by atoms with E-state index in [2.05, 4.69) is 67.0 Å². The van der Waals surface area contributed by atoms with Gasteiger partial charge in [-0.1, -0.05) is 101 Å². The predicted octanol–water partition coefficient (Wildman–Crippen LogP) is 10.1. The summed E-state index contributed by atoms with van der Waals surface area (Å²) in [6, 6.07) is 23.0. The van der Waals surface area contributed by atoms with Crippen LogP contribution < -0.4 is 21.3 Å². The lowest BCUT2D eigenvalue weighted by Gasteiger charge is -2.09. The van der Waals surface area contributed by atoms with Crippen molar-refractivity contribution in [2.75, 3.05) is 21.3 Å². The van der Waals surface area contributed by atoms with Crippen LogP contribution in [0.15, 0.2) is 72.8 Å². The largest absolute Gasteiger partial charge is 0.311 e. The molecule has 10 heteroatoms. The van der Waals surface area contributed by atoms with Crippen LogP contribution in [0.4, 0.5) is 23.3 Å². The fraction of sp³-hybridized carbons (Fsp3) is 0.333. The molecule has 0 saturated heterocycles. The summed E-state index contributed by atoms with van der Waals surface area (Å²) in [7, 11) is 0. The van der Waals surface area contributed by atoms with Crippen molar-refractivity contribution in [2.45, 2.75) is 105 Å². The van der Waals surface area contributed by atoms with E-state index in [4.69, 9.17) is 0 Å². The Kier molecular flexibility index (Phi) is 15.9. The first-order chi connectivity index (χ1) is 28.2. The summed E-state index contributed by atoms with van der Waals surface area (Å²) in [5, 5.41) is 15.4. The van der Waals surface area contributed by atoms with E-state index in [1.54, 1.807) is 24.3 Å². The molecule has 0 aliphatic rings. The number of pyridine rings is 2. The van der Waals surface area contributed by atoms with Gasteiger partial charge in [-0.25, -0.2) is 9.97 Å². The van der Waals surface area contributed by atoms with Crippen molar-refractivity contribution in [1.82, 2.24) is 9.97 Å². The number of carbonyl (C=O) groups excluding carboxylic acids is 4. The van der Waals surface area contributed by atoms with Gasteiger partial charge in [-0.05, 0) is 95.8 Å². The van der Waals surface area contributed by atoms with Crippen LogP contribution in [-0.4, -0.2) is 33.6 Å². The Morgan fingerprint density at radius 2 is 0.776 bits per heavy atom. The number of carbonyl (C=O) groups is 4. The number of anilines is 4. The fourth-order valence-corrected chi connectivity index (χ4v) is 6.18. The van der Waals surface area contributed by atoms with E-state index in [9.17, 15) is 19.2 Å². The van der Waals surface area contributed by atoms with Gasteiger partial charge < -0.3 is 21.3 Å². The molecule has 298 valence electrons. The van der Waals surface area contributed by atoms with Gasteiger partial charge in [0.1, 0.15) is 23.3 Å². The Bertz CT molecular complexity index is 2170. The molecule has 0 saturated carbocycles. The van der Waals surface area contributed by atoms with Crippen LogP contribution in [0.2, 0.25) is 0 Å². The quantitative estimate of drug-likeness (QED) is 0.0581. The summed E-state index contributed by atoms with van der Waals surface area (Å²) < 4.78 is 0. The average Bonchev–Trinajstić information content (AvgIpc) is 3.21. The Morgan fingerprint density at radius 1 is 0.448 bits per heavy atom. The van der Waals surface area contributed by atoms with Gasteiger partial charge in [-0.2, -0.15) is 0 Å². The van der Waals surface area contributed by atoms with Gasteiger partial charge in [0, 0.05) is 47.9 Å². The lowest BCUT2D eigenvalue weighted by molar-refractivity contribution is -0.117. The second-order valence-electron chi connectivity index (χ2n) is 14.3. The normalized spacial score (nSPS) is 10.6. The highest BCUT2D eigenvalue weighted by molar-refractivity contribution is 6.03. The number of rotatable bonds is 16. The Balaban J connectivity index is 1.51. The average molecular weight is 777 g/mol. The van der Waals surface area contributed by atoms with Crippen molar-refractivity contribution in [3.8, 4) is 23.7 Å². The van der Waals surface area contributed by atoms with Crippen LogP contribution in [0.25, 0.3) is 21.5 Å². The molecule has 0 bridgehead atoms. The number of fused-ring (bicyclic) bond motifs is 2. The third-order valence-electron chi connectivity index (χ3n) is 9.31. The summed E-state index contributed by atoms with van der Waals surface area (Å²) in [6.07, 6.45) is 8.14. The van der Waals surface area contributed by atoms with Crippen molar-refractivity contribution in [3.05, 3.63) is 95.1 Å². The Morgan fingerprint density at radius 3 is 1.09 bits per heavy atom. The molecular formula is C48H52N6O4. The number of nitrogens with one attached hydrogen (secondary N) is 4. The first kappa shape index (κ1) is 42.6. The van der Waals surface area contributed by atoms with Crippen molar-refractivity contribution in [3.63, 3.8) is 0 Å². The SMILES string of the molecule is CCCCC(=O)Nc1cc(C#Cc2cccc3cc4cccc(C#Cc5cc(NC(=O)CCCC)nc(NC(=O)CCCC)c5)c4cc23)cc(NC(=O)CCCC)n1. The highest BCUT2D eigenvalue weighted by Crippen LogP contribution is 2.28. The second-order valence-corrected chi connectivity index (χ2v) is 14.3. The maximum atomic E-state index is 12.6. The molecule has 58 heavy (non-hydrogen) atoms. The molecule has 0 aliphatic carbocycles. The number of benzene rings is 3. The number of hydrogen-bond acceptors (Lipinski definition) is 6. The van der Waals surface area contributed by atoms with E-state index in [0.29, 0.717) is 60.1 Å². The monoisotopic (exact) mass is 776 g/mol. The van der Waals surface area contributed by atoms with Gasteiger partial charge in [0.15, 0.2) is 0 Å². The highest BCUT2D eigenvalue weighted by atomic mass is 16.2. The number of unbranched alkanes of at least 4 members (excludes halogenated alkanes) is 4. The van der Waals surface area contributed by atoms with E-state index in [-0.39, 0.29) is 23.6 Å². The predicted molar refractivity (Wildman–Crippen MR) is 235 cm³/mol. The number of amides is 4. The van der Waals surface area contributed by atoms with E-state index >= 15 is 0 Å². The molecule has 4 N–H and O–H groups in total. The molecule has 5 aromatic rings. The molecule has 0 atom stereocenters. The smallest absolute Gasteiger partial charge is 0.225 e. The second kappa shape index (κ2) is 21.7. The van der Waals surface area contributed by atoms with Gasteiger partial charge in [-0.15, -0.1) is 0 Å². The molecule has 0 aliphatic heterocycles. The van der Waals surface area contributed by atoms with Crippen LogP contribution in [0.3, 0.4) is 0 Å². The minimum atomic E-state index is -0.143. The topological polar surface area (TPSA) is 142 Å². The van der Waals surface area contributed by atoms with E-state index in [1.165, 1.54) is 0 Å². The van der Waals surface area contributed by atoms with Gasteiger partial charge >= 0.3 is 0 Å². The molecule has 0 unspecified atom stereocenters. The summed E-state index contributed by atoms with van der Waals surface area (Å²) in [5.41, 5.74) is 2.77. The van der Waals surface area contributed by atoms with Crippen molar-refractivity contribution in [2.24, 2.45) is 0 Å².